The molecule has 0 N–H and O–H groups in total. The molecular weight excluding hydrogens is 1350 g/mol. The maximum atomic E-state index is 4.60. The first-order valence-electron chi connectivity index (χ1n) is 26.5. The van der Waals surface area contributed by atoms with Gasteiger partial charge in [0, 0.05) is 36.2 Å². The Kier molecular flexibility index (Phi) is 21.0. The smallest absolute Gasteiger partial charge is 0.501 e. The molecule has 0 amide bonds. The molecule has 0 bridgehead atoms. The van der Waals surface area contributed by atoms with E-state index in [0.29, 0.717) is 23.7 Å². The predicted octanol–water partition coefficient (Wildman–Crippen LogP) is 15.1. The molecule has 6 heterocycles. The standard InChI is InChI=1S/2C21H23N2.2C12H10N4.2Ir/c2*1-15(2)18-11-8-12-19(16(3)4)20(18)23-14-13-22-21(23)17-9-6-5-7-10-17;1-15-9-16(10-5-3-2-4-6-10)11-7-13-8-14-12(11)15;1-15-9-16(10-5-3-2-4-6-10)12-11(15)7-13-8-14-12;;/h2*5-9,11-16H,1-4H3;2*2-5,7-9H,1H3;;/q2*-1;2*-2;2*+3. The van der Waals surface area contributed by atoms with Gasteiger partial charge in [0.1, 0.15) is 24.3 Å². The Morgan fingerprint density at radius 3 is 1.23 bits per heavy atom. The van der Waals surface area contributed by atoms with Crippen molar-refractivity contribution < 1.29 is 40.2 Å². The summed E-state index contributed by atoms with van der Waals surface area (Å²) < 4.78 is 4.44. The van der Waals surface area contributed by atoms with Crippen molar-refractivity contribution in [1.29, 1.82) is 0 Å². The molecule has 10 aromatic rings. The molecule has 0 saturated carbocycles. The van der Waals surface area contributed by atoms with E-state index in [4.69, 9.17) is 0 Å². The quantitative estimate of drug-likeness (QED) is 0.123. The Balaban J connectivity index is 0.000000155. The number of imidazole rings is 2. The Bertz CT molecular complexity index is 3210. The number of hydrogen-bond acceptors (Lipinski definition) is 10. The SMILES string of the molecule is CC(C)c1cccc(C(C)C)c1-n1ccnc1-c1[c-]cccc1.CC(C)c1cccc(C(C)C)c1-n1ccnc1-c1[c-]cccc1.CN1[CH-]N(c2[c-]cccc2)c2cncnc21.CN1[CH-]N(c2[c-]cccc2)c2ncncc21.[Ir+3].[Ir+3]. The van der Waals surface area contributed by atoms with E-state index < -0.39 is 0 Å². The van der Waals surface area contributed by atoms with Crippen LogP contribution >= 0.6 is 0 Å². The first-order chi connectivity index (χ1) is 37.9. The molecule has 0 radical (unpaired) electrons. The zero-order chi connectivity index (χ0) is 54.7. The van der Waals surface area contributed by atoms with Crippen LogP contribution in [-0.2, 0) is 40.2 Å². The number of para-hydroxylation sites is 4. The number of anilines is 6. The van der Waals surface area contributed by atoms with Crippen LogP contribution in [-0.4, -0.2) is 53.1 Å². The van der Waals surface area contributed by atoms with Crippen LogP contribution in [0.5, 0.6) is 0 Å². The monoisotopic (exact) mass is 1410 g/mol. The third-order valence-electron chi connectivity index (χ3n) is 13.4. The molecule has 4 aromatic heterocycles. The van der Waals surface area contributed by atoms with Crippen LogP contribution in [0, 0.1) is 37.6 Å². The van der Waals surface area contributed by atoms with Crippen LogP contribution < -0.4 is 19.6 Å². The van der Waals surface area contributed by atoms with E-state index in [1.807, 2.05) is 157 Å². The van der Waals surface area contributed by atoms with Gasteiger partial charge in [0.05, 0.1) is 35.4 Å². The molecule has 2 aliphatic rings. The molecule has 408 valence electrons. The number of benzene rings is 6. The van der Waals surface area contributed by atoms with Gasteiger partial charge < -0.3 is 28.7 Å². The van der Waals surface area contributed by atoms with E-state index in [1.165, 1.54) is 33.6 Å². The molecule has 0 saturated heterocycles. The third-order valence-corrected chi connectivity index (χ3v) is 13.4. The van der Waals surface area contributed by atoms with Gasteiger partial charge in [-0.15, -0.1) is 83.2 Å². The van der Waals surface area contributed by atoms with Gasteiger partial charge in [-0.3, -0.25) is 9.97 Å². The Morgan fingerprint density at radius 1 is 0.412 bits per heavy atom. The normalized spacial score (nSPS) is 12.2. The molecule has 14 heteroatoms. The van der Waals surface area contributed by atoms with Gasteiger partial charge in [0.25, 0.3) is 0 Å². The molecular formula is C66H66Ir2N12. The van der Waals surface area contributed by atoms with Crippen LogP contribution in [0.15, 0.2) is 183 Å². The number of nitrogens with zero attached hydrogens (tertiary/aromatic N) is 12. The first kappa shape index (κ1) is 60.0. The summed E-state index contributed by atoms with van der Waals surface area (Å²) in [7, 11) is 3.94. The molecule has 2 aliphatic heterocycles. The van der Waals surface area contributed by atoms with E-state index in [0.717, 1.165) is 57.2 Å². The molecule has 0 fully saturated rings. The average molecular weight is 1410 g/mol. The first-order valence-corrected chi connectivity index (χ1v) is 26.5. The van der Waals surface area contributed by atoms with Gasteiger partial charge >= 0.3 is 40.2 Å². The van der Waals surface area contributed by atoms with E-state index in [2.05, 4.69) is 180 Å². The van der Waals surface area contributed by atoms with Crippen LogP contribution in [0.1, 0.15) is 101 Å². The third kappa shape index (κ3) is 13.5. The Hall–Kier alpha value is -7.60. The molecule has 0 atom stereocenters. The minimum atomic E-state index is 0. The van der Waals surface area contributed by atoms with Crippen molar-refractivity contribution in [3.8, 4) is 34.2 Å². The van der Waals surface area contributed by atoms with Gasteiger partial charge in [-0.25, -0.2) is 19.9 Å². The van der Waals surface area contributed by atoms with E-state index in [-0.39, 0.29) is 40.2 Å². The maximum Gasteiger partial charge on any atom is 3.00 e. The van der Waals surface area contributed by atoms with Crippen molar-refractivity contribution in [3.05, 3.63) is 243 Å². The van der Waals surface area contributed by atoms with Crippen molar-refractivity contribution in [3.63, 3.8) is 0 Å². The molecule has 0 aliphatic carbocycles. The molecule has 12 nitrogen and oxygen atoms in total. The van der Waals surface area contributed by atoms with Gasteiger partial charge in [0.2, 0.25) is 0 Å². The summed E-state index contributed by atoms with van der Waals surface area (Å²) in [4.78, 5) is 33.8. The van der Waals surface area contributed by atoms with Crippen molar-refractivity contribution >= 4 is 34.4 Å². The summed E-state index contributed by atoms with van der Waals surface area (Å²) in [6.45, 7) is 21.9. The fourth-order valence-corrected chi connectivity index (χ4v) is 9.53. The fraction of sp³-hybridized carbons (Fsp3) is 0.212. The zero-order valence-electron chi connectivity index (χ0n) is 46.8. The number of fused-ring (bicyclic) bond motifs is 2. The minimum Gasteiger partial charge on any atom is -0.501 e. The topological polar surface area (TPSA) is 100 Å². The van der Waals surface area contributed by atoms with E-state index in [9.17, 15) is 0 Å². The van der Waals surface area contributed by atoms with E-state index in [1.54, 1.807) is 12.7 Å². The average Bonchev–Trinajstić information content (AvgIpc) is 4.31. The second kappa shape index (κ2) is 28.0. The predicted molar refractivity (Wildman–Crippen MR) is 316 cm³/mol. The summed E-state index contributed by atoms with van der Waals surface area (Å²) >= 11 is 0. The van der Waals surface area contributed by atoms with Gasteiger partial charge in [-0.05, 0) is 60.0 Å². The molecule has 80 heavy (non-hydrogen) atoms. The second-order valence-electron chi connectivity index (χ2n) is 20.1. The zero-order valence-corrected chi connectivity index (χ0v) is 51.6. The van der Waals surface area contributed by atoms with Crippen LogP contribution in [0.2, 0.25) is 0 Å². The van der Waals surface area contributed by atoms with Crippen molar-refractivity contribution in [2.45, 2.75) is 79.1 Å². The summed E-state index contributed by atoms with van der Waals surface area (Å²) in [5.41, 5.74) is 13.9. The molecule has 12 rings (SSSR count). The number of rotatable bonds is 10. The Morgan fingerprint density at radius 2 is 0.812 bits per heavy atom. The van der Waals surface area contributed by atoms with Gasteiger partial charge in [0.15, 0.2) is 0 Å². The maximum absolute atomic E-state index is 4.60. The Labute approximate surface area is 500 Å². The van der Waals surface area contributed by atoms with Crippen molar-refractivity contribution in [2.24, 2.45) is 0 Å². The van der Waals surface area contributed by atoms with Crippen molar-refractivity contribution in [1.82, 2.24) is 39.0 Å². The van der Waals surface area contributed by atoms with Crippen LogP contribution in [0.25, 0.3) is 34.2 Å². The summed E-state index contributed by atoms with van der Waals surface area (Å²) in [6, 6.07) is 57.9. The van der Waals surface area contributed by atoms with Crippen molar-refractivity contribution in [2.75, 3.05) is 33.7 Å². The summed E-state index contributed by atoms with van der Waals surface area (Å²) in [6.07, 6.45) is 14.6. The van der Waals surface area contributed by atoms with E-state index >= 15 is 0 Å². The summed E-state index contributed by atoms with van der Waals surface area (Å²) in [5, 5.41) is 0. The number of hydrogen-bond donors (Lipinski definition) is 0. The molecule has 0 unspecified atom stereocenters. The molecule has 0 spiro atoms. The van der Waals surface area contributed by atoms with Gasteiger partial charge in [-0.2, -0.15) is 74.0 Å². The largest absolute Gasteiger partial charge is 3.00 e. The molecule has 6 aromatic carbocycles. The minimum absolute atomic E-state index is 0. The summed E-state index contributed by atoms with van der Waals surface area (Å²) in [5.74, 6) is 5.52. The second-order valence-corrected chi connectivity index (χ2v) is 20.1. The van der Waals surface area contributed by atoms with Crippen LogP contribution in [0.4, 0.5) is 34.4 Å². The van der Waals surface area contributed by atoms with Crippen LogP contribution in [0.3, 0.4) is 0 Å². The number of aromatic nitrogens is 8. The fourth-order valence-electron chi connectivity index (χ4n) is 9.53. The van der Waals surface area contributed by atoms with Gasteiger partial charge in [-0.1, -0.05) is 91.8 Å².